The lowest BCUT2D eigenvalue weighted by molar-refractivity contribution is -0.152. The molecule has 380 valence electrons. The molecule has 0 radical (unpaired) electrons. The molecule has 7 aliphatic heterocycles. The molecule has 5 fully saturated rings. The van der Waals surface area contributed by atoms with E-state index in [0.717, 1.165) is 115 Å². The number of amides is 2. The average Bonchev–Trinajstić information content (AvgIpc) is 3.96. The fourth-order valence-corrected chi connectivity index (χ4v) is 9.58. The number of hydrogen-bond acceptors (Lipinski definition) is 14. The van der Waals surface area contributed by atoms with Gasteiger partial charge in [-0.3, -0.25) is 24.2 Å². The third-order valence-electron chi connectivity index (χ3n) is 14.0. The zero-order valence-corrected chi connectivity index (χ0v) is 40.1. The number of anilines is 2. The Balaban J connectivity index is 0.000000161. The molecular formula is C53H64F2N6O10. The smallest absolute Gasteiger partial charge is 0.305 e. The van der Waals surface area contributed by atoms with Gasteiger partial charge in [0.2, 0.25) is 0 Å². The first-order valence-corrected chi connectivity index (χ1v) is 24.8. The van der Waals surface area contributed by atoms with Crippen molar-refractivity contribution < 1.29 is 56.7 Å². The van der Waals surface area contributed by atoms with E-state index in [1.165, 1.54) is 61.4 Å². The number of carbonyl (C=O) groups is 3. The van der Waals surface area contributed by atoms with E-state index in [0.29, 0.717) is 34.7 Å². The average molecular weight is 983 g/mol. The van der Waals surface area contributed by atoms with Gasteiger partial charge < -0.3 is 54.0 Å². The Bertz CT molecular complexity index is 2420. The van der Waals surface area contributed by atoms with Crippen LogP contribution < -0.4 is 29.9 Å². The molecule has 0 unspecified atom stereocenters. The van der Waals surface area contributed by atoms with Gasteiger partial charge in [-0.2, -0.15) is 0 Å². The van der Waals surface area contributed by atoms with Gasteiger partial charge >= 0.3 is 5.97 Å². The molecule has 4 aromatic carbocycles. The zero-order valence-electron chi connectivity index (χ0n) is 40.1. The van der Waals surface area contributed by atoms with Gasteiger partial charge in [-0.1, -0.05) is 6.92 Å². The van der Waals surface area contributed by atoms with Crippen molar-refractivity contribution in [3.05, 3.63) is 119 Å². The Morgan fingerprint density at radius 3 is 1.46 bits per heavy atom. The Hall–Kier alpha value is -5.89. The molecule has 7 heterocycles. The topological polar surface area (TPSA) is 164 Å². The van der Waals surface area contributed by atoms with Gasteiger partial charge in [0.05, 0.1) is 50.6 Å². The summed E-state index contributed by atoms with van der Waals surface area (Å²) in [5, 5.41) is 16.4. The summed E-state index contributed by atoms with van der Waals surface area (Å²) >= 11 is 0. The van der Waals surface area contributed by atoms with Crippen molar-refractivity contribution in [1.29, 1.82) is 0 Å². The van der Waals surface area contributed by atoms with Crippen LogP contribution >= 0.6 is 0 Å². The molecule has 2 amide bonds. The molecular weight excluding hydrogens is 919 g/mol. The van der Waals surface area contributed by atoms with E-state index >= 15 is 0 Å². The number of hydrogen-bond donors (Lipinski definition) is 3. The summed E-state index contributed by atoms with van der Waals surface area (Å²) in [6, 6.07) is 22.4. The third kappa shape index (κ3) is 12.4. The van der Waals surface area contributed by atoms with Crippen molar-refractivity contribution in [2.75, 3.05) is 115 Å². The maximum absolute atomic E-state index is 13.3. The molecule has 18 heteroatoms. The number of esters is 1. The summed E-state index contributed by atoms with van der Waals surface area (Å²) in [6.45, 7) is 14.7. The van der Waals surface area contributed by atoms with Gasteiger partial charge in [-0.15, -0.1) is 0 Å². The number of fused-ring (bicyclic) bond motifs is 2. The van der Waals surface area contributed by atoms with Gasteiger partial charge in [0.1, 0.15) is 42.5 Å². The molecule has 4 aromatic rings. The zero-order chi connectivity index (χ0) is 49.3. The molecule has 0 bridgehead atoms. The van der Waals surface area contributed by atoms with Crippen molar-refractivity contribution in [3.8, 4) is 11.5 Å². The summed E-state index contributed by atoms with van der Waals surface area (Å²) in [5.74, 6) is -0.614. The van der Waals surface area contributed by atoms with Crippen LogP contribution in [0.15, 0.2) is 84.9 Å². The quantitative estimate of drug-likeness (QED) is 0.184. The van der Waals surface area contributed by atoms with Crippen LogP contribution in [-0.2, 0) is 23.7 Å². The molecule has 16 nitrogen and oxygen atoms in total. The number of aliphatic hydroxyl groups excluding tert-OH is 1. The minimum atomic E-state index is -0.873. The number of ether oxygens (including phenoxy) is 6. The summed E-state index contributed by atoms with van der Waals surface area (Å²) in [5.41, 5.74) is 4.25. The highest BCUT2D eigenvalue weighted by Crippen LogP contribution is 2.38. The number of nitrogens with one attached hydrogen (secondary N) is 2. The number of halogens is 2. The SMILES string of the molecule is C1CCOC1.CCC(=O)O[C@H]1COc2ccc(N3CCN(C4COC4)CC3)cc2[C@@H]1NC(=O)c1ccc(F)cc1.O=C(N[C@H]1c2cc(N3CCN(C4COC4)CC3)ccc2OC[C@@H]1O)c1ccc(F)cc1. The number of benzene rings is 4. The molecule has 5 saturated heterocycles. The van der Waals surface area contributed by atoms with Crippen LogP contribution in [0.4, 0.5) is 20.2 Å². The van der Waals surface area contributed by atoms with Gasteiger partial charge in [0, 0.05) is 106 Å². The molecule has 3 N–H and O–H groups in total. The Kier molecular flexibility index (Phi) is 16.6. The van der Waals surface area contributed by atoms with E-state index in [1.807, 2.05) is 36.4 Å². The maximum atomic E-state index is 13.3. The normalized spacial score (nSPS) is 23.3. The number of aliphatic hydroxyl groups is 1. The summed E-state index contributed by atoms with van der Waals surface area (Å²) in [4.78, 5) is 47.4. The second-order valence-corrected chi connectivity index (χ2v) is 18.7. The lowest BCUT2D eigenvalue weighted by Gasteiger charge is -2.43. The van der Waals surface area contributed by atoms with Gasteiger partial charge in [-0.25, -0.2) is 8.78 Å². The Morgan fingerprint density at radius 2 is 1.04 bits per heavy atom. The first-order chi connectivity index (χ1) is 34.6. The van der Waals surface area contributed by atoms with E-state index in [4.69, 9.17) is 28.4 Å². The number of carbonyl (C=O) groups excluding carboxylic acids is 3. The van der Waals surface area contributed by atoms with Gasteiger partial charge in [0.15, 0.2) is 6.10 Å². The third-order valence-corrected chi connectivity index (χ3v) is 14.0. The molecule has 0 spiro atoms. The maximum Gasteiger partial charge on any atom is 0.305 e. The van der Waals surface area contributed by atoms with Crippen LogP contribution in [0.2, 0.25) is 0 Å². The molecule has 0 aromatic heterocycles. The van der Waals surface area contributed by atoms with Crippen molar-refractivity contribution in [2.24, 2.45) is 0 Å². The van der Waals surface area contributed by atoms with Crippen molar-refractivity contribution in [1.82, 2.24) is 20.4 Å². The summed E-state index contributed by atoms with van der Waals surface area (Å²) < 4.78 is 59.3. The van der Waals surface area contributed by atoms with Crippen molar-refractivity contribution in [2.45, 2.75) is 62.6 Å². The fraction of sp³-hybridized carbons (Fsp3) is 0.491. The highest BCUT2D eigenvalue weighted by atomic mass is 19.1. The molecule has 4 atom stereocenters. The largest absolute Gasteiger partial charge is 0.490 e. The number of piperazine rings is 2. The van der Waals surface area contributed by atoms with Crippen LogP contribution in [-0.4, -0.2) is 162 Å². The van der Waals surface area contributed by atoms with E-state index in [1.54, 1.807) is 6.92 Å². The summed E-state index contributed by atoms with van der Waals surface area (Å²) in [6.07, 6.45) is 1.23. The van der Waals surface area contributed by atoms with Crippen LogP contribution in [0.1, 0.15) is 70.1 Å². The first kappa shape index (κ1) is 50.1. The van der Waals surface area contributed by atoms with Crippen LogP contribution in [0.3, 0.4) is 0 Å². The molecule has 0 saturated carbocycles. The molecule has 11 rings (SSSR count). The predicted molar refractivity (Wildman–Crippen MR) is 260 cm³/mol. The van der Waals surface area contributed by atoms with Crippen molar-refractivity contribution >= 4 is 29.2 Å². The van der Waals surface area contributed by atoms with Crippen LogP contribution in [0, 0.1) is 11.6 Å². The predicted octanol–water partition coefficient (Wildman–Crippen LogP) is 4.90. The summed E-state index contributed by atoms with van der Waals surface area (Å²) in [7, 11) is 0. The number of rotatable bonds is 10. The van der Waals surface area contributed by atoms with Crippen LogP contribution in [0.25, 0.3) is 0 Å². The van der Waals surface area contributed by atoms with Gasteiger partial charge in [-0.05, 0) is 97.8 Å². The highest BCUT2D eigenvalue weighted by molar-refractivity contribution is 5.95. The van der Waals surface area contributed by atoms with E-state index in [-0.39, 0.29) is 37.4 Å². The second kappa shape index (κ2) is 23.6. The van der Waals surface area contributed by atoms with Gasteiger partial charge in [0.25, 0.3) is 11.8 Å². The van der Waals surface area contributed by atoms with Crippen LogP contribution in [0.5, 0.6) is 11.5 Å². The Morgan fingerprint density at radius 1 is 0.592 bits per heavy atom. The molecule has 0 aliphatic carbocycles. The number of nitrogens with zero attached hydrogens (tertiary/aromatic N) is 4. The fourth-order valence-electron chi connectivity index (χ4n) is 9.58. The standard InChI is InChI=1S/C26H30FN3O5.C23H26FN3O4.C4H8O/c1-2-24(31)35-23-16-34-22-8-7-19(29-9-11-30(12-10-29)20-14-33-15-20)13-21(22)25(23)28-26(32)17-3-5-18(27)6-4-17;24-16-3-1-15(2-4-16)23(29)25-22-19-11-17(5-6-21(19)31-14-20(22)28)26-7-9-27(10-8-26)18-12-30-13-18;1-2-4-5-3-1/h3-8,13,20,23,25H,2,9-12,14-16H2,1H3,(H,28,32);1-6,11,18,20,22,28H,7-10,12-14H2,(H,25,29);1-4H2/t23-,25-;20-,22-;/m00./s1. The molecule has 7 aliphatic rings. The minimum Gasteiger partial charge on any atom is -0.490 e. The van der Waals surface area contributed by atoms with E-state index in [9.17, 15) is 28.3 Å². The van der Waals surface area contributed by atoms with E-state index < -0.39 is 35.9 Å². The minimum absolute atomic E-state index is 0.100. The lowest BCUT2D eigenvalue weighted by Crippen LogP contribution is -2.56. The first-order valence-electron chi connectivity index (χ1n) is 24.8. The van der Waals surface area contributed by atoms with E-state index in [2.05, 4.69) is 30.2 Å². The van der Waals surface area contributed by atoms with Crippen molar-refractivity contribution in [3.63, 3.8) is 0 Å². The lowest BCUT2D eigenvalue weighted by atomic mass is 9.96. The highest BCUT2D eigenvalue weighted by Gasteiger charge is 2.37. The second-order valence-electron chi connectivity index (χ2n) is 18.7. The Labute approximate surface area is 413 Å². The molecule has 71 heavy (non-hydrogen) atoms. The monoisotopic (exact) mass is 982 g/mol.